The van der Waals surface area contributed by atoms with Crippen molar-refractivity contribution in [3.05, 3.63) is 11.1 Å². The molecule has 0 aromatic carbocycles. The number of amides is 1. The molecule has 0 heterocycles. The highest BCUT2D eigenvalue weighted by Gasteiger charge is 2.54. The fourth-order valence-electron chi connectivity index (χ4n) is 4.75. The molecule has 17 heavy (non-hydrogen) atoms. The first-order valence-electron chi connectivity index (χ1n) is 6.69. The molecule has 0 aromatic rings. The lowest BCUT2D eigenvalue weighted by Crippen LogP contribution is -2.53. The van der Waals surface area contributed by atoms with Crippen LogP contribution in [0, 0.1) is 23.2 Å². The number of hydrogen-bond acceptors (Lipinski definition) is 1. The van der Waals surface area contributed by atoms with E-state index in [1.165, 1.54) is 19.3 Å². The fraction of sp³-hybridized carbons (Fsp3) is 0.786. The zero-order valence-corrected chi connectivity index (χ0v) is 11.8. The molecule has 0 aliphatic heterocycles. The Morgan fingerprint density at radius 2 is 1.65 bits per heavy atom. The SMILES string of the molecule is C=C(Br)CNC(=O)C12CC3CC(CC(C3)C1)C2. The van der Waals surface area contributed by atoms with Crippen LogP contribution in [0.25, 0.3) is 0 Å². The number of carbonyl (C=O) groups is 1. The maximum absolute atomic E-state index is 12.4. The van der Waals surface area contributed by atoms with Gasteiger partial charge in [-0.3, -0.25) is 4.79 Å². The van der Waals surface area contributed by atoms with E-state index in [2.05, 4.69) is 27.8 Å². The standard InChI is InChI=1S/C14H20BrNO/c1-9(15)8-16-13(17)14-5-10-2-11(6-14)4-12(3-10)7-14/h10-12H,1-8H2,(H,16,17). The van der Waals surface area contributed by atoms with Gasteiger partial charge in [0.15, 0.2) is 0 Å². The molecule has 1 N–H and O–H groups in total. The van der Waals surface area contributed by atoms with Crippen LogP contribution in [0.5, 0.6) is 0 Å². The second-order valence-corrected chi connectivity index (χ2v) is 7.52. The molecule has 4 aliphatic rings. The maximum atomic E-state index is 12.4. The first kappa shape index (κ1) is 11.8. The van der Waals surface area contributed by atoms with Crippen molar-refractivity contribution in [2.45, 2.75) is 38.5 Å². The van der Waals surface area contributed by atoms with Crippen LogP contribution in [-0.4, -0.2) is 12.5 Å². The van der Waals surface area contributed by atoms with Crippen molar-refractivity contribution in [2.24, 2.45) is 23.2 Å². The second kappa shape index (κ2) is 4.11. The summed E-state index contributed by atoms with van der Waals surface area (Å²) in [6, 6.07) is 0. The maximum Gasteiger partial charge on any atom is 0.226 e. The summed E-state index contributed by atoms with van der Waals surface area (Å²) in [7, 11) is 0. The van der Waals surface area contributed by atoms with Crippen LogP contribution >= 0.6 is 15.9 Å². The van der Waals surface area contributed by atoms with Gasteiger partial charge >= 0.3 is 0 Å². The highest BCUT2D eigenvalue weighted by atomic mass is 79.9. The van der Waals surface area contributed by atoms with E-state index in [0.29, 0.717) is 6.54 Å². The van der Waals surface area contributed by atoms with Gasteiger partial charge in [0, 0.05) is 16.4 Å². The Kier molecular flexibility index (Phi) is 2.85. The van der Waals surface area contributed by atoms with Crippen molar-refractivity contribution in [1.29, 1.82) is 0 Å². The van der Waals surface area contributed by atoms with Gasteiger partial charge in [0.05, 0.1) is 0 Å². The number of carbonyl (C=O) groups excluding carboxylic acids is 1. The Balaban J connectivity index is 1.73. The van der Waals surface area contributed by atoms with E-state index in [1.807, 2.05) is 0 Å². The van der Waals surface area contributed by atoms with Crippen molar-refractivity contribution >= 4 is 21.8 Å². The zero-order valence-electron chi connectivity index (χ0n) is 10.2. The molecule has 4 saturated carbocycles. The molecule has 0 radical (unpaired) electrons. The summed E-state index contributed by atoms with van der Waals surface area (Å²) < 4.78 is 0.857. The third-order valence-corrected chi connectivity index (χ3v) is 5.24. The van der Waals surface area contributed by atoms with Crippen LogP contribution in [0.1, 0.15) is 38.5 Å². The van der Waals surface area contributed by atoms with Crippen molar-refractivity contribution < 1.29 is 4.79 Å². The predicted octanol–water partition coefficient (Wildman–Crippen LogP) is 3.23. The van der Waals surface area contributed by atoms with Crippen LogP contribution < -0.4 is 5.32 Å². The first-order chi connectivity index (χ1) is 8.07. The number of rotatable bonds is 3. The van der Waals surface area contributed by atoms with Crippen LogP contribution in [0.15, 0.2) is 11.1 Å². The van der Waals surface area contributed by atoms with Crippen molar-refractivity contribution in [1.82, 2.24) is 5.32 Å². The average molecular weight is 298 g/mol. The van der Waals surface area contributed by atoms with Crippen LogP contribution in [0.4, 0.5) is 0 Å². The molecule has 94 valence electrons. The van der Waals surface area contributed by atoms with Gasteiger partial charge in [-0.05, 0) is 56.3 Å². The topological polar surface area (TPSA) is 29.1 Å². The number of halogens is 1. The largest absolute Gasteiger partial charge is 0.351 e. The van der Waals surface area contributed by atoms with Gasteiger partial charge in [-0.2, -0.15) is 0 Å². The minimum Gasteiger partial charge on any atom is -0.351 e. The zero-order chi connectivity index (χ0) is 12.0. The van der Waals surface area contributed by atoms with Gasteiger partial charge in [0.2, 0.25) is 5.91 Å². The molecule has 0 atom stereocenters. The molecule has 0 aromatic heterocycles. The normalized spacial score (nSPS) is 42.5. The van der Waals surface area contributed by atoms with E-state index >= 15 is 0 Å². The molecular weight excluding hydrogens is 278 g/mol. The lowest BCUT2D eigenvalue weighted by atomic mass is 9.49. The van der Waals surface area contributed by atoms with Gasteiger partial charge in [-0.15, -0.1) is 0 Å². The number of hydrogen-bond donors (Lipinski definition) is 1. The van der Waals surface area contributed by atoms with Crippen LogP contribution in [-0.2, 0) is 4.79 Å². The number of nitrogens with one attached hydrogen (secondary N) is 1. The Morgan fingerprint density at radius 1 is 1.18 bits per heavy atom. The molecule has 1 amide bonds. The van der Waals surface area contributed by atoms with E-state index in [-0.39, 0.29) is 11.3 Å². The Labute approximate surface area is 111 Å². The highest BCUT2D eigenvalue weighted by molar-refractivity contribution is 9.11. The smallest absolute Gasteiger partial charge is 0.226 e. The molecule has 3 heteroatoms. The lowest BCUT2D eigenvalue weighted by Gasteiger charge is -2.55. The van der Waals surface area contributed by atoms with Gasteiger partial charge in [0.1, 0.15) is 0 Å². The quantitative estimate of drug-likeness (QED) is 0.851. The average Bonchev–Trinajstić information content (AvgIpc) is 2.23. The van der Waals surface area contributed by atoms with E-state index in [4.69, 9.17) is 0 Å². The summed E-state index contributed by atoms with van der Waals surface area (Å²) in [5, 5.41) is 3.05. The van der Waals surface area contributed by atoms with E-state index < -0.39 is 0 Å². The molecular formula is C14H20BrNO. The fourth-order valence-corrected chi connectivity index (χ4v) is 4.89. The van der Waals surface area contributed by atoms with E-state index in [0.717, 1.165) is 41.5 Å². The Hall–Kier alpha value is -0.310. The van der Waals surface area contributed by atoms with Gasteiger partial charge in [0.25, 0.3) is 0 Å². The van der Waals surface area contributed by atoms with Crippen molar-refractivity contribution in [3.8, 4) is 0 Å². The van der Waals surface area contributed by atoms with Crippen LogP contribution in [0.3, 0.4) is 0 Å². The Bertz CT molecular complexity index is 328. The third-order valence-electron chi connectivity index (χ3n) is 4.96. The predicted molar refractivity (Wildman–Crippen MR) is 71.7 cm³/mol. The molecule has 4 fully saturated rings. The van der Waals surface area contributed by atoms with Gasteiger partial charge in [-0.25, -0.2) is 0 Å². The van der Waals surface area contributed by atoms with Crippen molar-refractivity contribution in [3.63, 3.8) is 0 Å². The molecule has 4 aliphatic carbocycles. The Morgan fingerprint density at radius 3 is 2.06 bits per heavy atom. The monoisotopic (exact) mass is 297 g/mol. The highest BCUT2D eigenvalue weighted by Crippen LogP contribution is 2.60. The summed E-state index contributed by atoms with van der Waals surface area (Å²) in [5.74, 6) is 2.79. The summed E-state index contributed by atoms with van der Waals surface area (Å²) in [5.41, 5.74) is -0.0167. The molecule has 0 spiro atoms. The van der Waals surface area contributed by atoms with Crippen LogP contribution in [0.2, 0.25) is 0 Å². The molecule has 2 nitrogen and oxygen atoms in total. The van der Waals surface area contributed by atoms with E-state index in [9.17, 15) is 4.79 Å². The van der Waals surface area contributed by atoms with Gasteiger partial charge < -0.3 is 5.32 Å². The molecule has 4 rings (SSSR count). The third kappa shape index (κ3) is 2.07. The molecule has 4 bridgehead atoms. The molecule has 0 saturated heterocycles. The first-order valence-corrected chi connectivity index (χ1v) is 7.48. The second-order valence-electron chi connectivity index (χ2n) is 6.40. The minimum atomic E-state index is -0.0167. The minimum absolute atomic E-state index is 0.0167. The lowest BCUT2D eigenvalue weighted by molar-refractivity contribution is -0.146. The molecule has 0 unspecified atom stereocenters. The van der Waals surface area contributed by atoms with Crippen molar-refractivity contribution in [2.75, 3.05) is 6.54 Å². The summed E-state index contributed by atoms with van der Waals surface area (Å²) in [6.07, 6.45) is 7.58. The summed E-state index contributed by atoms with van der Waals surface area (Å²) >= 11 is 3.30. The van der Waals surface area contributed by atoms with Gasteiger partial charge in [-0.1, -0.05) is 22.5 Å². The van der Waals surface area contributed by atoms with E-state index in [1.54, 1.807) is 0 Å². The summed E-state index contributed by atoms with van der Waals surface area (Å²) in [4.78, 5) is 12.4. The summed E-state index contributed by atoms with van der Waals surface area (Å²) in [6.45, 7) is 4.35.